The number of rotatable bonds is 2. The van der Waals surface area contributed by atoms with E-state index in [4.69, 9.17) is 4.74 Å². The maximum atomic E-state index is 13.0. The van der Waals surface area contributed by atoms with Crippen LogP contribution in [0.2, 0.25) is 0 Å². The number of alkyl halides is 3. The molecule has 3 unspecified atom stereocenters. The van der Waals surface area contributed by atoms with Gasteiger partial charge in [-0.05, 0) is 37.5 Å². The maximum absolute atomic E-state index is 13.0. The van der Waals surface area contributed by atoms with Crippen LogP contribution in [0.1, 0.15) is 38.5 Å². The highest BCUT2D eigenvalue weighted by Gasteiger charge is 2.48. The normalized spacial score (nSPS) is 33.3. The van der Waals surface area contributed by atoms with Crippen LogP contribution in [0.4, 0.5) is 13.2 Å². The molecule has 5 heteroatoms. The summed E-state index contributed by atoms with van der Waals surface area (Å²) in [6.45, 7) is 1.12. The summed E-state index contributed by atoms with van der Waals surface area (Å²) in [5, 5.41) is 10.3. The molecular formula is C13H21F3O2. The van der Waals surface area contributed by atoms with E-state index in [9.17, 15) is 18.3 Å². The standard InChI is InChI=1S/C13H21F3O2/c14-13(15,16)11-4-2-1-3-10(11)12(17)9-5-7-18-8-6-9/h9-12,17H,1-8H2. The van der Waals surface area contributed by atoms with Gasteiger partial charge in [0, 0.05) is 13.2 Å². The quantitative estimate of drug-likeness (QED) is 0.832. The Hall–Kier alpha value is -0.290. The van der Waals surface area contributed by atoms with Crippen molar-refractivity contribution in [1.82, 2.24) is 0 Å². The van der Waals surface area contributed by atoms with Gasteiger partial charge in [0.15, 0.2) is 0 Å². The van der Waals surface area contributed by atoms with Gasteiger partial charge in [0.05, 0.1) is 12.0 Å². The Morgan fingerprint density at radius 3 is 2.22 bits per heavy atom. The highest BCUT2D eigenvalue weighted by Crippen LogP contribution is 2.44. The Kier molecular flexibility index (Phi) is 4.54. The molecule has 2 aliphatic rings. The second kappa shape index (κ2) is 5.78. The minimum absolute atomic E-state index is 0.0216. The van der Waals surface area contributed by atoms with E-state index in [0.29, 0.717) is 38.9 Å². The fourth-order valence-corrected chi connectivity index (χ4v) is 3.38. The third-order valence-corrected chi connectivity index (χ3v) is 4.43. The van der Waals surface area contributed by atoms with Crippen molar-refractivity contribution in [3.8, 4) is 0 Å². The molecule has 0 radical (unpaired) electrons. The fourth-order valence-electron chi connectivity index (χ4n) is 3.38. The third-order valence-electron chi connectivity index (χ3n) is 4.43. The average molecular weight is 266 g/mol. The number of hydrogen-bond acceptors (Lipinski definition) is 2. The van der Waals surface area contributed by atoms with Gasteiger partial charge in [-0.25, -0.2) is 0 Å². The molecule has 1 aliphatic heterocycles. The summed E-state index contributed by atoms with van der Waals surface area (Å²) >= 11 is 0. The van der Waals surface area contributed by atoms with Crippen LogP contribution in [0.5, 0.6) is 0 Å². The van der Waals surface area contributed by atoms with Crippen molar-refractivity contribution in [2.75, 3.05) is 13.2 Å². The molecule has 1 saturated carbocycles. The Balaban J connectivity index is 2.03. The molecule has 0 aromatic heterocycles. The van der Waals surface area contributed by atoms with E-state index in [1.165, 1.54) is 0 Å². The number of halogens is 3. The summed E-state index contributed by atoms with van der Waals surface area (Å²) < 4.78 is 44.1. The molecule has 18 heavy (non-hydrogen) atoms. The van der Waals surface area contributed by atoms with Crippen LogP contribution in [0, 0.1) is 17.8 Å². The Morgan fingerprint density at radius 2 is 1.61 bits per heavy atom. The fraction of sp³-hybridized carbons (Fsp3) is 1.00. The SMILES string of the molecule is OC(C1CCOCC1)C1CCCCC1C(F)(F)F. The maximum Gasteiger partial charge on any atom is 0.392 e. The van der Waals surface area contributed by atoms with Gasteiger partial charge in [0.25, 0.3) is 0 Å². The van der Waals surface area contributed by atoms with E-state index in [1.54, 1.807) is 0 Å². The summed E-state index contributed by atoms with van der Waals surface area (Å²) in [5.74, 6) is -1.95. The topological polar surface area (TPSA) is 29.5 Å². The number of ether oxygens (including phenoxy) is 1. The molecule has 0 amide bonds. The van der Waals surface area contributed by atoms with Crippen molar-refractivity contribution in [2.24, 2.45) is 17.8 Å². The van der Waals surface area contributed by atoms with Gasteiger partial charge < -0.3 is 9.84 Å². The van der Waals surface area contributed by atoms with Gasteiger partial charge in [0.1, 0.15) is 0 Å². The van der Waals surface area contributed by atoms with Crippen LogP contribution in [0.25, 0.3) is 0 Å². The molecule has 2 rings (SSSR count). The van der Waals surface area contributed by atoms with Crippen molar-refractivity contribution >= 4 is 0 Å². The van der Waals surface area contributed by atoms with E-state index >= 15 is 0 Å². The van der Waals surface area contributed by atoms with E-state index in [-0.39, 0.29) is 12.3 Å². The molecule has 1 saturated heterocycles. The zero-order valence-electron chi connectivity index (χ0n) is 10.5. The highest BCUT2D eigenvalue weighted by atomic mass is 19.4. The van der Waals surface area contributed by atoms with Crippen LogP contribution in [0.3, 0.4) is 0 Å². The predicted molar refractivity (Wildman–Crippen MR) is 61.1 cm³/mol. The Bertz CT molecular complexity index is 261. The molecule has 0 aromatic rings. The molecule has 2 fully saturated rings. The van der Waals surface area contributed by atoms with Crippen LogP contribution >= 0.6 is 0 Å². The summed E-state index contributed by atoms with van der Waals surface area (Å²) in [6.07, 6.45) is -1.52. The first-order valence-corrected chi connectivity index (χ1v) is 6.82. The van der Waals surface area contributed by atoms with Crippen LogP contribution < -0.4 is 0 Å². The van der Waals surface area contributed by atoms with Crippen LogP contribution in [0.15, 0.2) is 0 Å². The van der Waals surface area contributed by atoms with Gasteiger partial charge in [-0.15, -0.1) is 0 Å². The Morgan fingerprint density at radius 1 is 1.00 bits per heavy atom. The first-order chi connectivity index (χ1) is 8.50. The molecule has 1 aliphatic carbocycles. The predicted octanol–water partition coefficient (Wildman–Crippen LogP) is 3.14. The second-order valence-corrected chi connectivity index (χ2v) is 5.54. The van der Waals surface area contributed by atoms with Gasteiger partial charge >= 0.3 is 6.18 Å². The smallest absolute Gasteiger partial charge is 0.392 e. The zero-order valence-corrected chi connectivity index (χ0v) is 10.5. The lowest BCUT2D eigenvalue weighted by Gasteiger charge is -2.39. The lowest BCUT2D eigenvalue weighted by Crippen LogP contribution is -2.43. The highest BCUT2D eigenvalue weighted by molar-refractivity contribution is 4.88. The average Bonchev–Trinajstić information content (AvgIpc) is 2.38. The van der Waals surface area contributed by atoms with Crippen LogP contribution in [-0.4, -0.2) is 30.6 Å². The molecule has 0 bridgehead atoms. The van der Waals surface area contributed by atoms with E-state index < -0.39 is 24.1 Å². The monoisotopic (exact) mass is 266 g/mol. The minimum Gasteiger partial charge on any atom is -0.393 e. The summed E-state index contributed by atoms with van der Waals surface area (Å²) in [5.41, 5.74) is 0. The lowest BCUT2D eigenvalue weighted by atomic mass is 9.71. The summed E-state index contributed by atoms with van der Waals surface area (Å²) in [4.78, 5) is 0. The Labute approximate surface area is 106 Å². The van der Waals surface area contributed by atoms with Crippen molar-refractivity contribution in [3.05, 3.63) is 0 Å². The van der Waals surface area contributed by atoms with Gasteiger partial charge in [-0.1, -0.05) is 12.8 Å². The largest absolute Gasteiger partial charge is 0.393 e. The van der Waals surface area contributed by atoms with Crippen molar-refractivity contribution in [1.29, 1.82) is 0 Å². The molecule has 0 spiro atoms. The van der Waals surface area contributed by atoms with Crippen LogP contribution in [-0.2, 0) is 4.74 Å². The van der Waals surface area contributed by atoms with Crippen molar-refractivity contribution in [3.63, 3.8) is 0 Å². The van der Waals surface area contributed by atoms with E-state index in [1.807, 2.05) is 0 Å². The molecule has 0 aromatic carbocycles. The van der Waals surface area contributed by atoms with Crippen molar-refractivity contribution < 1.29 is 23.0 Å². The molecule has 106 valence electrons. The first kappa shape index (κ1) is 14.1. The first-order valence-electron chi connectivity index (χ1n) is 6.82. The number of aliphatic hydroxyl groups is 1. The summed E-state index contributed by atoms with van der Waals surface area (Å²) in [6, 6.07) is 0. The van der Waals surface area contributed by atoms with Gasteiger partial charge in [0.2, 0.25) is 0 Å². The van der Waals surface area contributed by atoms with Crippen molar-refractivity contribution in [2.45, 2.75) is 50.8 Å². The lowest BCUT2D eigenvalue weighted by molar-refractivity contribution is -0.211. The second-order valence-electron chi connectivity index (χ2n) is 5.54. The third kappa shape index (κ3) is 3.18. The molecule has 1 N–H and O–H groups in total. The molecule has 1 heterocycles. The molecule has 3 atom stereocenters. The zero-order chi connectivity index (χ0) is 13.2. The van der Waals surface area contributed by atoms with Gasteiger partial charge in [-0.3, -0.25) is 0 Å². The summed E-state index contributed by atoms with van der Waals surface area (Å²) in [7, 11) is 0. The molecule has 2 nitrogen and oxygen atoms in total. The minimum atomic E-state index is -4.17. The number of hydrogen-bond donors (Lipinski definition) is 1. The van der Waals surface area contributed by atoms with Gasteiger partial charge in [-0.2, -0.15) is 13.2 Å². The van der Waals surface area contributed by atoms with E-state index in [2.05, 4.69) is 0 Å². The number of aliphatic hydroxyl groups excluding tert-OH is 1. The molecular weight excluding hydrogens is 245 g/mol. The van der Waals surface area contributed by atoms with E-state index in [0.717, 1.165) is 6.42 Å².